The molecule has 0 amide bonds. The van der Waals surface area contributed by atoms with Crippen molar-refractivity contribution in [3.63, 3.8) is 0 Å². The van der Waals surface area contributed by atoms with Gasteiger partial charge in [-0.25, -0.2) is 9.67 Å². The molecule has 0 N–H and O–H groups in total. The summed E-state index contributed by atoms with van der Waals surface area (Å²) in [7, 11) is 0. The van der Waals surface area contributed by atoms with Crippen molar-refractivity contribution >= 4 is 5.97 Å². The van der Waals surface area contributed by atoms with Crippen LogP contribution in [0.25, 0.3) is 0 Å². The number of hydrogen-bond acceptors (Lipinski definition) is 5. The number of aromatic carboxylic acids is 1. The van der Waals surface area contributed by atoms with Crippen molar-refractivity contribution in [3.8, 4) is 0 Å². The minimum absolute atomic E-state index is 0.180. The number of furan rings is 1. The Kier molecular flexibility index (Phi) is 2.02. The molecule has 0 fully saturated rings. The maximum atomic E-state index is 10.4. The Bertz CT molecular complexity index is 432. The molecule has 0 saturated carbocycles. The van der Waals surface area contributed by atoms with Gasteiger partial charge in [-0.1, -0.05) is 0 Å². The fourth-order valence-electron chi connectivity index (χ4n) is 1.05. The largest absolute Gasteiger partial charge is 0.542 e. The molecule has 72 valence electrons. The topological polar surface area (TPSA) is 84.0 Å². The van der Waals surface area contributed by atoms with E-state index in [0.29, 0.717) is 12.3 Å². The first-order chi connectivity index (χ1) is 6.75. The average Bonchev–Trinajstić information content (AvgIpc) is 2.75. The molecule has 2 aromatic heterocycles. The summed E-state index contributed by atoms with van der Waals surface area (Å²) in [5.74, 6) is -1.01. The molecular formula is C8H6N3O3-. The summed E-state index contributed by atoms with van der Waals surface area (Å²) in [6.07, 6.45) is 2.91. The molecule has 2 heterocycles. The summed E-state index contributed by atoms with van der Waals surface area (Å²) in [5, 5.41) is 14.2. The Balaban J connectivity index is 2.14. The standard InChI is InChI=1S/C8H7N3O3/c12-8(13)7-2-1-6(14-7)3-11-5-9-4-10-11/h1-2,4-5H,3H2,(H,12,13)/p-1. The Morgan fingerprint density at radius 1 is 1.57 bits per heavy atom. The van der Waals surface area contributed by atoms with Crippen molar-refractivity contribution in [3.05, 3.63) is 36.3 Å². The summed E-state index contributed by atoms with van der Waals surface area (Å²) in [6, 6.07) is 2.91. The average molecular weight is 192 g/mol. The molecule has 6 heteroatoms. The van der Waals surface area contributed by atoms with E-state index in [1.165, 1.54) is 23.4 Å². The number of nitrogens with zero attached hydrogens (tertiary/aromatic N) is 3. The van der Waals surface area contributed by atoms with Gasteiger partial charge in [0.25, 0.3) is 0 Å². The van der Waals surface area contributed by atoms with Crippen molar-refractivity contribution in [1.82, 2.24) is 14.8 Å². The van der Waals surface area contributed by atoms with Crippen LogP contribution in [0, 0.1) is 0 Å². The maximum Gasteiger partial charge on any atom is 0.149 e. The summed E-state index contributed by atoms with van der Waals surface area (Å²) < 4.78 is 6.49. The molecule has 0 aliphatic rings. The van der Waals surface area contributed by atoms with Gasteiger partial charge in [0.2, 0.25) is 0 Å². The Hall–Kier alpha value is -2.11. The molecular weight excluding hydrogens is 186 g/mol. The zero-order valence-corrected chi connectivity index (χ0v) is 7.08. The third kappa shape index (κ3) is 1.63. The first-order valence-electron chi connectivity index (χ1n) is 3.88. The maximum absolute atomic E-state index is 10.4. The fourth-order valence-corrected chi connectivity index (χ4v) is 1.05. The van der Waals surface area contributed by atoms with E-state index in [1.807, 2.05) is 0 Å². The highest BCUT2D eigenvalue weighted by atomic mass is 16.4. The first-order valence-corrected chi connectivity index (χ1v) is 3.88. The Morgan fingerprint density at radius 3 is 3.00 bits per heavy atom. The molecule has 0 radical (unpaired) electrons. The van der Waals surface area contributed by atoms with Crippen molar-refractivity contribution in [2.75, 3.05) is 0 Å². The van der Waals surface area contributed by atoms with Crippen LogP contribution in [0.1, 0.15) is 16.3 Å². The second-order valence-electron chi connectivity index (χ2n) is 2.65. The van der Waals surface area contributed by atoms with Crippen LogP contribution in [0.15, 0.2) is 29.2 Å². The van der Waals surface area contributed by atoms with Gasteiger partial charge in [-0.15, -0.1) is 0 Å². The lowest BCUT2D eigenvalue weighted by molar-refractivity contribution is -0.257. The lowest BCUT2D eigenvalue weighted by Crippen LogP contribution is -2.21. The van der Waals surface area contributed by atoms with Gasteiger partial charge >= 0.3 is 0 Å². The van der Waals surface area contributed by atoms with Gasteiger partial charge < -0.3 is 14.3 Å². The SMILES string of the molecule is O=C([O-])c1ccc(Cn2cncn2)o1. The number of carbonyl (C=O) groups excluding carboxylic acids is 1. The summed E-state index contributed by atoms with van der Waals surface area (Å²) in [6.45, 7) is 0.354. The molecule has 6 nitrogen and oxygen atoms in total. The molecule has 0 saturated heterocycles. The van der Waals surface area contributed by atoms with Gasteiger partial charge in [0.05, 0.1) is 0 Å². The van der Waals surface area contributed by atoms with Crippen LogP contribution in [0.5, 0.6) is 0 Å². The highest BCUT2D eigenvalue weighted by Crippen LogP contribution is 2.07. The molecule has 0 aliphatic heterocycles. The number of carbonyl (C=O) groups is 1. The van der Waals surface area contributed by atoms with Crippen LogP contribution < -0.4 is 5.11 Å². The van der Waals surface area contributed by atoms with Crippen LogP contribution in [-0.4, -0.2) is 20.7 Å². The number of aromatic nitrogens is 3. The Labute approximate surface area is 78.8 Å². The molecule has 0 bridgehead atoms. The van der Waals surface area contributed by atoms with E-state index < -0.39 is 5.97 Å². The molecule has 14 heavy (non-hydrogen) atoms. The predicted octanol–water partition coefficient (Wildman–Crippen LogP) is -0.717. The van der Waals surface area contributed by atoms with Crippen LogP contribution >= 0.6 is 0 Å². The minimum Gasteiger partial charge on any atom is -0.542 e. The zero-order valence-electron chi connectivity index (χ0n) is 7.08. The Morgan fingerprint density at radius 2 is 2.43 bits per heavy atom. The van der Waals surface area contributed by atoms with E-state index in [0.717, 1.165) is 0 Å². The van der Waals surface area contributed by atoms with Crippen LogP contribution in [0.3, 0.4) is 0 Å². The van der Waals surface area contributed by atoms with Crippen molar-refractivity contribution in [1.29, 1.82) is 0 Å². The van der Waals surface area contributed by atoms with Crippen molar-refractivity contribution in [2.45, 2.75) is 6.54 Å². The van der Waals surface area contributed by atoms with Crippen molar-refractivity contribution in [2.24, 2.45) is 0 Å². The number of carboxylic acid groups (broad SMARTS) is 1. The smallest absolute Gasteiger partial charge is 0.149 e. The quantitative estimate of drug-likeness (QED) is 0.640. The highest BCUT2D eigenvalue weighted by molar-refractivity contribution is 5.82. The van der Waals surface area contributed by atoms with Gasteiger partial charge in [-0.3, -0.25) is 0 Å². The number of rotatable bonds is 3. The van der Waals surface area contributed by atoms with E-state index in [2.05, 4.69) is 10.1 Å². The van der Waals surface area contributed by atoms with Gasteiger partial charge in [0.15, 0.2) is 0 Å². The lowest BCUT2D eigenvalue weighted by Gasteiger charge is -1.97. The van der Waals surface area contributed by atoms with Gasteiger partial charge in [-0.2, -0.15) is 5.10 Å². The number of hydrogen-bond donors (Lipinski definition) is 0. The van der Waals surface area contributed by atoms with E-state index in [-0.39, 0.29) is 5.76 Å². The van der Waals surface area contributed by atoms with Crippen LogP contribution in [0.4, 0.5) is 0 Å². The lowest BCUT2D eigenvalue weighted by atomic mass is 10.4. The normalized spacial score (nSPS) is 10.3. The van der Waals surface area contributed by atoms with Crippen molar-refractivity contribution < 1.29 is 14.3 Å². The molecule has 2 aromatic rings. The van der Waals surface area contributed by atoms with E-state index in [9.17, 15) is 9.90 Å². The minimum atomic E-state index is -1.32. The van der Waals surface area contributed by atoms with Gasteiger partial charge in [0, 0.05) is 0 Å². The van der Waals surface area contributed by atoms with E-state index in [4.69, 9.17) is 4.42 Å². The number of carboxylic acids is 1. The molecule has 0 unspecified atom stereocenters. The second-order valence-corrected chi connectivity index (χ2v) is 2.65. The van der Waals surface area contributed by atoms with E-state index >= 15 is 0 Å². The van der Waals surface area contributed by atoms with Gasteiger partial charge in [0.1, 0.15) is 36.7 Å². The van der Waals surface area contributed by atoms with Crippen LogP contribution in [-0.2, 0) is 6.54 Å². The summed E-state index contributed by atoms with van der Waals surface area (Å²) in [4.78, 5) is 14.1. The summed E-state index contributed by atoms with van der Waals surface area (Å²) >= 11 is 0. The van der Waals surface area contributed by atoms with Crippen LogP contribution in [0.2, 0.25) is 0 Å². The molecule has 0 aromatic carbocycles. The molecule has 0 atom stereocenters. The third-order valence-corrected chi connectivity index (χ3v) is 1.65. The molecule has 0 spiro atoms. The third-order valence-electron chi connectivity index (χ3n) is 1.65. The fraction of sp³-hybridized carbons (Fsp3) is 0.125. The highest BCUT2D eigenvalue weighted by Gasteiger charge is 2.03. The van der Waals surface area contributed by atoms with E-state index in [1.54, 1.807) is 6.07 Å². The van der Waals surface area contributed by atoms with Gasteiger partial charge in [-0.05, 0) is 12.1 Å². The summed E-state index contributed by atoms with van der Waals surface area (Å²) in [5.41, 5.74) is 0. The monoisotopic (exact) mass is 192 g/mol. The second kappa shape index (κ2) is 3.33. The molecule has 0 aliphatic carbocycles. The first kappa shape index (κ1) is 8.49. The predicted molar refractivity (Wildman–Crippen MR) is 42.2 cm³/mol. The molecule has 2 rings (SSSR count). The zero-order chi connectivity index (χ0) is 9.97.